The Hall–Kier alpha value is -1.75. The van der Waals surface area contributed by atoms with Crippen LogP contribution < -0.4 is 5.32 Å². The number of rotatable bonds is 3. The molecule has 0 bridgehead atoms. The molecule has 0 spiro atoms. The van der Waals surface area contributed by atoms with Crippen LogP contribution in [-0.2, 0) is 6.54 Å². The van der Waals surface area contributed by atoms with Crippen LogP contribution in [0.25, 0.3) is 0 Å². The van der Waals surface area contributed by atoms with Crippen molar-refractivity contribution in [1.29, 1.82) is 0 Å². The van der Waals surface area contributed by atoms with Crippen LogP contribution in [0.2, 0.25) is 0 Å². The van der Waals surface area contributed by atoms with Gasteiger partial charge < -0.3 is 9.88 Å². The van der Waals surface area contributed by atoms with Gasteiger partial charge in [-0.1, -0.05) is 6.42 Å². The minimum Gasteiger partial charge on any atom is -0.309 e. The number of hydrogen-bond acceptors (Lipinski definition) is 4. The third kappa shape index (κ3) is 2.66. The Morgan fingerprint density at radius 1 is 1.26 bits per heavy atom. The van der Waals surface area contributed by atoms with Gasteiger partial charge >= 0.3 is 0 Å². The first-order chi connectivity index (χ1) is 9.34. The van der Waals surface area contributed by atoms with Gasteiger partial charge in [-0.2, -0.15) is 0 Å². The highest BCUT2D eigenvalue weighted by Gasteiger charge is 2.21. The van der Waals surface area contributed by atoms with Crippen molar-refractivity contribution in [2.45, 2.75) is 38.8 Å². The molecular weight excluding hydrogens is 238 g/mol. The van der Waals surface area contributed by atoms with Crippen LogP contribution >= 0.6 is 0 Å². The fourth-order valence-corrected chi connectivity index (χ4v) is 2.59. The van der Waals surface area contributed by atoms with Gasteiger partial charge in [0.15, 0.2) is 5.82 Å². The molecule has 1 aliphatic rings. The molecule has 1 saturated heterocycles. The summed E-state index contributed by atoms with van der Waals surface area (Å²) in [7, 11) is 0. The van der Waals surface area contributed by atoms with E-state index >= 15 is 0 Å². The van der Waals surface area contributed by atoms with Gasteiger partial charge in [0.2, 0.25) is 0 Å². The molecule has 1 unspecified atom stereocenters. The normalized spacial score (nSPS) is 19.5. The Morgan fingerprint density at radius 3 is 2.84 bits per heavy atom. The lowest BCUT2D eigenvalue weighted by molar-refractivity contribution is 0.386. The van der Waals surface area contributed by atoms with Crippen molar-refractivity contribution in [3.63, 3.8) is 0 Å². The Balaban J connectivity index is 1.86. The second kappa shape index (κ2) is 5.48. The molecule has 3 rings (SSSR count). The lowest BCUT2D eigenvalue weighted by Crippen LogP contribution is -2.29. The van der Waals surface area contributed by atoms with Crippen molar-refractivity contribution in [3.05, 3.63) is 41.7 Å². The molecule has 1 aliphatic heterocycles. The van der Waals surface area contributed by atoms with Gasteiger partial charge in [0.1, 0.15) is 5.82 Å². The Kier molecular flexibility index (Phi) is 3.55. The van der Waals surface area contributed by atoms with Gasteiger partial charge in [-0.15, -0.1) is 10.2 Å². The molecule has 0 aromatic carbocycles. The summed E-state index contributed by atoms with van der Waals surface area (Å²) in [4.78, 5) is 4.06. The van der Waals surface area contributed by atoms with Crippen molar-refractivity contribution in [2.75, 3.05) is 6.54 Å². The van der Waals surface area contributed by atoms with E-state index in [9.17, 15) is 0 Å². The smallest absolute Gasteiger partial charge is 0.150 e. The second-order valence-electron chi connectivity index (χ2n) is 5.05. The number of pyridine rings is 1. The maximum atomic E-state index is 4.37. The molecule has 1 N–H and O–H groups in total. The molecule has 5 nitrogen and oxygen atoms in total. The summed E-state index contributed by atoms with van der Waals surface area (Å²) in [6.45, 7) is 3.90. The number of aromatic nitrogens is 4. The molecule has 19 heavy (non-hydrogen) atoms. The van der Waals surface area contributed by atoms with E-state index in [4.69, 9.17) is 0 Å². The molecule has 0 saturated carbocycles. The molecule has 2 aromatic heterocycles. The minimum absolute atomic E-state index is 0.344. The van der Waals surface area contributed by atoms with Gasteiger partial charge in [-0.25, -0.2) is 0 Å². The molecule has 1 atom stereocenters. The van der Waals surface area contributed by atoms with Gasteiger partial charge in [0, 0.05) is 12.4 Å². The number of piperidine rings is 1. The summed E-state index contributed by atoms with van der Waals surface area (Å²) >= 11 is 0. The molecule has 3 heterocycles. The van der Waals surface area contributed by atoms with Gasteiger partial charge in [0.25, 0.3) is 0 Å². The zero-order chi connectivity index (χ0) is 13.1. The predicted molar refractivity (Wildman–Crippen MR) is 72.7 cm³/mol. The zero-order valence-electron chi connectivity index (χ0n) is 11.2. The molecule has 0 radical (unpaired) electrons. The number of aryl methyl sites for hydroxylation is 1. The highest BCUT2D eigenvalue weighted by molar-refractivity contribution is 5.13. The van der Waals surface area contributed by atoms with Crippen LogP contribution in [0.15, 0.2) is 24.5 Å². The van der Waals surface area contributed by atoms with Crippen molar-refractivity contribution in [2.24, 2.45) is 0 Å². The Bertz CT molecular complexity index is 528. The van der Waals surface area contributed by atoms with Gasteiger partial charge in [-0.3, -0.25) is 4.98 Å². The molecule has 2 aromatic rings. The van der Waals surface area contributed by atoms with Gasteiger partial charge in [-0.05, 0) is 44.0 Å². The van der Waals surface area contributed by atoms with E-state index in [0.717, 1.165) is 31.2 Å². The number of nitrogens with one attached hydrogen (secondary N) is 1. The quantitative estimate of drug-likeness (QED) is 0.911. The number of nitrogens with zero attached hydrogens (tertiary/aromatic N) is 4. The molecule has 0 amide bonds. The van der Waals surface area contributed by atoms with E-state index in [1.807, 2.05) is 31.5 Å². The van der Waals surface area contributed by atoms with Gasteiger partial charge in [0.05, 0.1) is 12.6 Å². The largest absolute Gasteiger partial charge is 0.309 e. The predicted octanol–water partition coefficient (Wildman–Crippen LogP) is 1.84. The summed E-state index contributed by atoms with van der Waals surface area (Å²) in [5.41, 5.74) is 1.23. The van der Waals surface area contributed by atoms with Crippen molar-refractivity contribution >= 4 is 0 Å². The zero-order valence-corrected chi connectivity index (χ0v) is 11.2. The fraction of sp³-hybridized carbons (Fsp3) is 0.500. The highest BCUT2D eigenvalue weighted by Crippen LogP contribution is 2.22. The minimum atomic E-state index is 0.344. The summed E-state index contributed by atoms with van der Waals surface area (Å²) in [6.07, 6.45) is 7.32. The maximum absolute atomic E-state index is 4.37. The van der Waals surface area contributed by atoms with Crippen LogP contribution in [0.4, 0.5) is 0 Å². The third-order valence-corrected chi connectivity index (χ3v) is 3.68. The van der Waals surface area contributed by atoms with Crippen molar-refractivity contribution < 1.29 is 0 Å². The third-order valence-electron chi connectivity index (χ3n) is 3.68. The summed E-state index contributed by atoms with van der Waals surface area (Å²) < 4.78 is 2.21. The highest BCUT2D eigenvalue weighted by atomic mass is 15.3. The summed E-state index contributed by atoms with van der Waals surface area (Å²) in [6, 6.07) is 4.42. The molecule has 100 valence electrons. The van der Waals surface area contributed by atoms with Crippen LogP contribution in [0.1, 0.15) is 42.5 Å². The lowest BCUT2D eigenvalue weighted by Gasteiger charge is -2.23. The van der Waals surface area contributed by atoms with E-state index in [1.165, 1.54) is 18.4 Å². The average molecular weight is 257 g/mol. The summed E-state index contributed by atoms with van der Waals surface area (Å²) in [5, 5.41) is 12.2. The van der Waals surface area contributed by atoms with E-state index in [-0.39, 0.29) is 0 Å². The average Bonchev–Trinajstić information content (AvgIpc) is 2.82. The first-order valence-corrected chi connectivity index (χ1v) is 6.86. The van der Waals surface area contributed by atoms with Crippen molar-refractivity contribution in [1.82, 2.24) is 25.1 Å². The lowest BCUT2D eigenvalue weighted by atomic mass is 10.0. The van der Waals surface area contributed by atoms with E-state index in [0.29, 0.717) is 6.04 Å². The van der Waals surface area contributed by atoms with E-state index < -0.39 is 0 Å². The molecule has 1 fully saturated rings. The first kappa shape index (κ1) is 12.3. The topological polar surface area (TPSA) is 55.6 Å². The van der Waals surface area contributed by atoms with E-state index in [2.05, 4.69) is 25.1 Å². The first-order valence-electron chi connectivity index (χ1n) is 6.86. The second-order valence-corrected chi connectivity index (χ2v) is 5.05. The molecule has 5 heteroatoms. The number of hydrogen-bond donors (Lipinski definition) is 1. The maximum Gasteiger partial charge on any atom is 0.150 e. The Morgan fingerprint density at radius 2 is 2.11 bits per heavy atom. The van der Waals surface area contributed by atoms with Crippen LogP contribution in [0, 0.1) is 6.92 Å². The molecular formula is C14H19N5. The standard InChI is InChI=1S/C14H19N5/c1-11-17-18-14(13-4-2-3-7-16-13)19(11)10-12-5-8-15-9-6-12/h5-6,8-9,13,16H,2-4,7,10H2,1H3. The van der Waals surface area contributed by atoms with Crippen molar-refractivity contribution in [3.8, 4) is 0 Å². The van der Waals surface area contributed by atoms with Crippen LogP contribution in [0.3, 0.4) is 0 Å². The Labute approximate surface area is 113 Å². The van der Waals surface area contributed by atoms with Crippen LogP contribution in [0.5, 0.6) is 0 Å². The fourth-order valence-electron chi connectivity index (χ4n) is 2.59. The van der Waals surface area contributed by atoms with E-state index in [1.54, 1.807) is 0 Å². The summed E-state index contributed by atoms with van der Waals surface area (Å²) in [5.74, 6) is 2.04. The molecule has 0 aliphatic carbocycles. The van der Waals surface area contributed by atoms with Crippen LogP contribution in [-0.4, -0.2) is 26.3 Å². The monoisotopic (exact) mass is 257 g/mol. The SMILES string of the molecule is Cc1nnc(C2CCCCN2)n1Cc1ccncc1.